The second-order valence-electron chi connectivity index (χ2n) is 7.57. The van der Waals surface area contributed by atoms with Gasteiger partial charge in [0.2, 0.25) is 6.54 Å². The molecule has 0 aromatic heterocycles. The maximum Gasteiger partial charge on any atom is 0.307 e. The molecule has 2 rings (SSSR count). The van der Waals surface area contributed by atoms with Crippen molar-refractivity contribution >= 4 is 5.97 Å². The number of carboxylic acids is 1. The van der Waals surface area contributed by atoms with Crippen LogP contribution in [0.3, 0.4) is 0 Å². The van der Waals surface area contributed by atoms with Crippen LogP contribution in [0.25, 0.3) is 0 Å². The van der Waals surface area contributed by atoms with Crippen LogP contribution in [0, 0.1) is 38.7 Å². The lowest BCUT2D eigenvalue weighted by Crippen LogP contribution is -2.59. The van der Waals surface area contributed by atoms with Gasteiger partial charge in [-0.1, -0.05) is 32.4 Å². The second-order valence-corrected chi connectivity index (χ2v) is 7.57. The largest absolute Gasteiger partial charge is 0.481 e. The fourth-order valence-electron chi connectivity index (χ4n) is 4.64. The van der Waals surface area contributed by atoms with Gasteiger partial charge < -0.3 is 5.11 Å². The van der Waals surface area contributed by atoms with Gasteiger partial charge in [0.25, 0.3) is 0 Å². The first-order valence-electron chi connectivity index (χ1n) is 7.10. The number of aliphatic carboxylic acids is 1. The zero-order valence-electron chi connectivity index (χ0n) is 12.5. The van der Waals surface area contributed by atoms with Crippen LogP contribution in [-0.4, -0.2) is 22.5 Å². The SMILES string of the molecule is CC1=C[C@@H]2[C@H](C1)C[C@@]2(C[N+](=O)[O-])C(C(=O)O)C(C)(C)C. The zero-order chi connectivity index (χ0) is 15.3. The standard InChI is InChI=1S/C15H23NO4/c1-9-5-10-7-15(8-16(19)20,11(10)6-9)12(13(17)18)14(2,3)4/h6,10-12H,5,7-8H2,1-4H3,(H,17,18)/t10-,11-,12?,15+/m1/s1. The molecule has 0 amide bonds. The molecule has 1 saturated carbocycles. The van der Waals surface area contributed by atoms with E-state index < -0.39 is 22.7 Å². The number of nitro groups is 1. The molecular formula is C15H23NO4. The van der Waals surface area contributed by atoms with Crippen LogP contribution in [0.2, 0.25) is 0 Å². The first kappa shape index (κ1) is 15.0. The molecule has 112 valence electrons. The van der Waals surface area contributed by atoms with E-state index in [9.17, 15) is 20.0 Å². The van der Waals surface area contributed by atoms with E-state index >= 15 is 0 Å². The topological polar surface area (TPSA) is 80.4 Å². The lowest BCUT2D eigenvalue weighted by molar-refractivity contribution is -0.510. The van der Waals surface area contributed by atoms with E-state index in [1.165, 1.54) is 5.57 Å². The summed E-state index contributed by atoms with van der Waals surface area (Å²) in [5.74, 6) is -1.15. The normalized spacial score (nSPS) is 33.9. The van der Waals surface area contributed by atoms with Crippen LogP contribution < -0.4 is 0 Å². The summed E-state index contributed by atoms with van der Waals surface area (Å²) >= 11 is 0. The van der Waals surface area contributed by atoms with Crippen molar-refractivity contribution in [3.63, 3.8) is 0 Å². The third-order valence-corrected chi connectivity index (χ3v) is 4.97. The van der Waals surface area contributed by atoms with Gasteiger partial charge in [-0.2, -0.15) is 0 Å². The highest BCUT2D eigenvalue weighted by atomic mass is 16.6. The van der Waals surface area contributed by atoms with Gasteiger partial charge in [0.05, 0.1) is 11.3 Å². The zero-order valence-corrected chi connectivity index (χ0v) is 12.5. The highest BCUT2D eigenvalue weighted by Crippen LogP contribution is 2.64. The average Bonchev–Trinajstić information content (AvgIpc) is 2.51. The molecule has 1 fully saturated rings. The summed E-state index contributed by atoms with van der Waals surface area (Å²) in [4.78, 5) is 22.6. The van der Waals surface area contributed by atoms with Gasteiger partial charge >= 0.3 is 5.97 Å². The van der Waals surface area contributed by atoms with E-state index in [1.807, 2.05) is 27.7 Å². The van der Waals surface area contributed by atoms with E-state index in [1.54, 1.807) is 0 Å². The summed E-state index contributed by atoms with van der Waals surface area (Å²) in [5.41, 5.74) is 0.0240. The maximum atomic E-state index is 11.8. The third kappa shape index (κ3) is 2.23. The molecule has 1 N–H and O–H groups in total. The number of hydrogen-bond donors (Lipinski definition) is 1. The van der Waals surface area contributed by atoms with Crippen molar-refractivity contribution < 1.29 is 14.8 Å². The molecule has 0 spiro atoms. The van der Waals surface area contributed by atoms with Gasteiger partial charge in [0.15, 0.2) is 0 Å². The number of allylic oxidation sites excluding steroid dienone is 2. The van der Waals surface area contributed by atoms with Gasteiger partial charge in [-0.15, -0.1) is 0 Å². The van der Waals surface area contributed by atoms with E-state index in [-0.39, 0.29) is 17.4 Å². The van der Waals surface area contributed by atoms with E-state index in [4.69, 9.17) is 0 Å². The molecule has 0 radical (unpaired) electrons. The average molecular weight is 281 g/mol. The van der Waals surface area contributed by atoms with E-state index in [2.05, 4.69) is 6.08 Å². The fourth-order valence-corrected chi connectivity index (χ4v) is 4.64. The molecule has 0 saturated heterocycles. The molecule has 0 aliphatic heterocycles. The summed E-state index contributed by atoms with van der Waals surface area (Å²) in [6, 6.07) is 0. The van der Waals surface area contributed by atoms with Crippen molar-refractivity contribution in [2.24, 2.45) is 28.6 Å². The number of carbonyl (C=O) groups is 1. The first-order valence-corrected chi connectivity index (χ1v) is 7.10. The lowest BCUT2D eigenvalue weighted by Gasteiger charge is -2.55. The van der Waals surface area contributed by atoms with Gasteiger partial charge in [-0.3, -0.25) is 14.9 Å². The number of carboxylic acid groups (broad SMARTS) is 1. The Hall–Kier alpha value is -1.39. The van der Waals surface area contributed by atoms with Gasteiger partial charge in [0, 0.05) is 4.92 Å². The third-order valence-electron chi connectivity index (χ3n) is 4.97. The molecule has 0 bridgehead atoms. The Labute approximate surface area is 119 Å². The van der Waals surface area contributed by atoms with Crippen LogP contribution in [0.1, 0.15) is 40.5 Å². The van der Waals surface area contributed by atoms with Gasteiger partial charge in [-0.25, -0.2) is 0 Å². The molecule has 2 aliphatic carbocycles. The fraction of sp³-hybridized carbons (Fsp3) is 0.800. The minimum absolute atomic E-state index is 0.0493. The number of nitrogens with zero attached hydrogens (tertiary/aromatic N) is 1. The number of rotatable bonds is 4. The molecule has 2 aliphatic rings. The van der Waals surface area contributed by atoms with Crippen molar-refractivity contribution in [1.29, 1.82) is 0 Å². The molecule has 20 heavy (non-hydrogen) atoms. The molecular weight excluding hydrogens is 258 g/mol. The Kier molecular flexibility index (Phi) is 3.43. The maximum absolute atomic E-state index is 11.8. The number of fused-ring (bicyclic) bond motifs is 1. The second kappa shape index (κ2) is 4.57. The Bertz CT molecular complexity index is 477. The van der Waals surface area contributed by atoms with Crippen LogP contribution >= 0.6 is 0 Å². The summed E-state index contributed by atoms with van der Waals surface area (Å²) in [6.07, 6.45) is 3.70. The molecule has 0 aromatic carbocycles. The van der Waals surface area contributed by atoms with Crippen LogP contribution in [0.15, 0.2) is 11.6 Å². The molecule has 5 nitrogen and oxygen atoms in total. The first-order chi connectivity index (χ1) is 9.08. The number of hydrogen-bond acceptors (Lipinski definition) is 3. The highest BCUT2D eigenvalue weighted by Gasteiger charge is 2.65. The molecule has 5 heteroatoms. The summed E-state index contributed by atoms with van der Waals surface area (Å²) in [6.45, 7) is 7.39. The summed E-state index contributed by atoms with van der Waals surface area (Å²) < 4.78 is 0. The van der Waals surface area contributed by atoms with Crippen molar-refractivity contribution in [3.8, 4) is 0 Å². The van der Waals surface area contributed by atoms with Crippen LogP contribution in [-0.2, 0) is 4.79 Å². The molecule has 0 heterocycles. The predicted molar refractivity (Wildman–Crippen MR) is 74.8 cm³/mol. The minimum atomic E-state index is -0.907. The van der Waals surface area contributed by atoms with E-state index in [0.717, 1.165) is 6.42 Å². The summed E-state index contributed by atoms with van der Waals surface area (Å²) in [7, 11) is 0. The smallest absolute Gasteiger partial charge is 0.307 e. The highest BCUT2D eigenvalue weighted by molar-refractivity contribution is 5.72. The van der Waals surface area contributed by atoms with Gasteiger partial charge in [0.1, 0.15) is 0 Å². The lowest BCUT2D eigenvalue weighted by atomic mass is 9.46. The quantitative estimate of drug-likeness (QED) is 0.488. The molecule has 1 unspecified atom stereocenters. The Morgan fingerprint density at radius 2 is 2.20 bits per heavy atom. The Morgan fingerprint density at radius 3 is 2.60 bits per heavy atom. The monoisotopic (exact) mass is 281 g/mol. The van der Waals surface area contributed by atoms with E-state index in [0.29, 0.717) is 12.3 Å². The van der Waals surface area contributed by atoms with Gasteiger partial charge in [-0.05, 0) is 37.0 Å². The predicted octanol–water partition coefficient (Wildman–Crippen LogP) is 2.98. The Balaban J connectivity index is 2.43. The molecule has 0 aromatic rings. The van der Waals surface area contributed by atoms with Crippen molar-refractivity contribution in [3.05, 3.63) is 21.8 Å². The van der Waals surface area contributed by atoms with Crippen LogP contribution in [0.5, 0.6) is 0 Å². The van der Waals surface area contributed by atoms with Crippen molar-refractivity contribution in [2.45, 2.75) is 40.5 Å². The Morgan fingerprint density at radius 1 is 1.60 bits per heavy atom. The van der Waals surface area contributed by atoms with Crippen molar-refractivity contribution in [2.75, 3.05) is 6.54 Å². The van der Waals surface area contributed by atoms with Crippen molar-refractivity contribution in [1.82, 2.24) is 0 Å². The van der Waals surface area contributed by atoms with Crippen LogP contribution in [0.4, 0.5) is 0 Å². The summed E-state index contributed by atoms with van der Waals surface area (Å²) in [5, 5.41) is 20.8. The molecule has 4 atom stereocenters. The minimum Gasteiger partial charge on any atom is -0.481 e.